The molecule has 0 fully saturated rings. The van der Waals surface area contributed by atoms with Gasteiger partial charge in [0.25, 0.3) is 0 Å². The first kappa shape index (κ1) is 21.2. The van der Waals surface area contributed by atoms with E-state index in [1.54, 1.807) is 17.9 Å². The van der Waals surface area contributed by atoms with E-state index >= 15 is 0 Å². The quantitative estimate of drug-likeness (QED) is 0.393. The number of carbonyl (C=O) groups excluding carboxylic acids is 1. The minimum absolute atomic E-state index is 0.0797. The molecule has 8 nitrogen and oxygen atoms in total. The number of hydrogen-bond acceptors (Lipinski definition) is 6. The van der Waals surface area contributed by atoms with Crippen molar-refractivity contribution >= 4 is 40.2 Å². The van der Waals surface area contributed by atoms with Gasteiger partial charge in [-0.3, -0.25) is 4.79 Å². The van der Waals surface area contributed by atoms with E-state index in [1.165, 1.54) is 11.8 Å². The summed E-state index contributed by atoms with van der Waals surface area (Å²) in [6.07, 6.45) is 2.69. The molecule has 1 amide bonds. The summed E-state index contributed by atoms with van der Waals surface area (Å²) in [4.78, 5) is 15.6. The summed E-state index contributed by atoms with van der Waals surface area (Å²) in [5, 5.41) is 17.0. The first-order chi connectivity index (χ1) is 15.0. The maximum atomic E-state index is 12.3. The Morgan fingerprint density at radius 2 is 2.16 bits per heavy atom. The number of aromatic amines is 1. The van der Waals surface area contributed by atoms with Crippen LogP contribution in [-0.4, -0.2) is 50.5 Å². The SMILES string of the molecule is COc1ccc2c(CCNC(=O)CSc3nnnn3-c3cc(Cl)ccc3C)c[nH]c2c1. The van der Waals surface area contributed by atoms with Crippen molar-refractivity contribution in [3.8, 4) is 11.4 Å². The monoisotopic (exact) mass is 456 g/mol. The largest absolute Gasteiger partial charge is 0.497 e. The van der Waals surface area contributed by atoms with Crippen LogP contribution in [0.4, 0.5) is 0 Å². The zero-order valence-corrected chi connectivity index (χ0v) is 18.6. The fraction of sp³-hybridized carbons (Fsp3) is 0.238. The van der Waals surface area contributed by atoms with Crippen molar-refractivity contribution in [2.24, 2.45) is 0 Å². The Morgan fingerprint density at radius 1 is 1.29 bits per heavy atom. The number of fused-ring (bicyclic) bond motifs is 1. The molecule has 2 aromatic heterocycles. The lowest BCUT2D eigenvalue weighted by molar-refractivity contribution is -0.118. The van der Waals surface area contributed by atoms with Crippen LogP contribution in [0.1, 0.15) is 11.1 Å². The van der Waals surface area contributed by atoms with E-state index in [0.717, 1.165) is 39.9 Å². The number of benzene rings is 2. The number of tetrazole rings is 1. The summed E-state index contributed by atoms with van der Waals surface area (Å²) in [5.74, 6) is 0.941. The van der Waals surface area contributed by atoms with Crippen LogP contribution < -0.4 is 10.1 Å². The predicted molar refractivity (Wildman–Crippen MR) is 121 cm³/mol. The Bertz CT molecular complexity index is 1220. The summed E-state index contributed by atoms with van der Waals surface area (Å²) in [5.41, 5.74) is 3.93. The van der Waals surface area contributed by atoms with Crippen LogP contribution in [0.2, 0.25) is 5.02 Å². The average molecular weight is 457 g/mol. The number of carbonyl (C=O) groups is 1. The number of ether oxygens (including phenoxy) is 1. The number of nitrogens with zero attached hydrogens (tertiary/aromatic N) is 4. The normalized spacial score (nSPS) is 11.1. The van der Waals surface area contributed by atoms with Crippen LogP contribution in [0.3, 0.4) is 0 Å². The molecule has 2 heterocycles. The minimum atomic E-state index is -0.0797. The number of methoxy groups -OCH3 is 1. The van der Waals surface area contributed by atoms with E-state index in [-0.39, 0.29) is 11.7 Å². The topological polar surface area (TPSA) is 97.7 Å². The van der Waals surface area contributed by atoms with Gasteiger partial charge in [0.2, 0.25) is 11.1 Å². The predicted octanol–water partition coefficient (Wildman–Crippen LogP) is 3.57. The molecule has 31 heavy (non-hydrogen) atoms. The number of aryl methyl sites for hydroxylation is 1. The Morgan fingerprint density at radius 3 is 3.00 bits per heavy atom. The van der Waals surface area contributed by atoms with Gasteiger partial charge in [0.05, 0.1) is 18.6 Å². The molecule has 2 aromatic carbocycles. The fourth-order valence-corrected chi connectivity index (χ4v) is 4.13. The number of thioether (sulfide) groups is 1. The van der Waals surface area contributed by atoms with E-state index in [1.807, 2.05) is 43.5 Å². The molecule has 0 bridgehead atoms. The van der Waals surface area contributed by atoms with Crippen LogP contribution in [0.5, 0.6) is 5.75 Å². The van der Waals surface area contributed by atoms with Gasteiger partial charge in [-0.1, -0.05) is 29.4 Å². The molecule has 160 valence electrons. The van der Waals surface area contributed by atoms with Gasteiger partial charge in [-0.15, -0.1) is 5.10 Å². The zero-order chi connectivity index (χ0) is 21.8. The highest BCUT2D eigenvalue weighted by Gasteiger charge is 2.14. The molecule has 0 saturated heterocycles. The van der Waals surface area contributed by atoms with Crippen LogP contribution in [0, 0.1) is 6.92 Å². The lowest BCUT2D eigenvalue weighted by Gasteiger charge is -2.08. The van der Waals surface area contributed by atoms with Crippen molar-refractivity contribution in [1.82, 2.24) is 30.5 Å². The van der Waals surface area contributed by atoms with Crippen LogP contribution >= 0.6 is 23.4 Å². The van der Waals surface area contributed by atoms with Gasteiger partial charge in [-0.25, -0.2) is 0 Å². The molecule has 0 atom stereocenters. The molecule has 4 aromatic rings. The lowest BCUT2D eigenvalue weighted by atomic mass is 10.1. The second kappa shape index (κ2) is 9.40. The highest BCUT2D eigenvalue weighted by Crippen LogP contribution is 2.24. The van der Waals surface area contributed by atoms with Gasteiger partial charge in [0.15, 0.2) is 0 Å². The van der Waals surface area contributed by atoms with Crippen LogP contribution in [-0.2, 0) is 11.2 Å². The van der Waals surface area contributed by atoms with Gasteiger partial charge < -0.3 is 15.0 Å². The van der Waals surface area contributed by atoms with E-state index in [9.17, 15) is 4.79 Å². The summed E-state index contributed by atoms with van der Waals surface area (Å²) in [6.45, 7) is 2.49. The Hall–Kier alpha value is -3.04. The molecule has 10 heteroatoms. The summed E-state index contributed by atoms with van der Waals surface area (Å²) in [6, 6.07) is 11.4. The molecule has 0 radical (unpaired) electrons. The third kappa shape index (κ3) is 4.83. The molecule has 4 rings (SSSR count). The number of halogens is 1. The maximum Gasteiger partial charge on any atom is 0.230 e. The number of rotatable bonds is 8. The van der Waals surface area contributed by atoms with E-state index in [0.29, 0.717) is 16.7 Å². The van der Waals surface area contributed by atoms with E-state index in [4.69, 9.17) is 16.3 Å². The molecule has 2 N–H and O–H groups in total. The molecule has 0 unspecified atom stereocenters. The Balaban J connectivity index is 1.32. The molecule has 0 spiro atoms. The smallest absolute Gasteiger partial charge is 0.230 e. The first-order valence-electron chi connectivity index (χ1n) is 9.63. The van der Waals surface area contributed by atoms with Gasteiger partial charge >= 0.3 is 0 Å². The second-order valence-electron chi connectivity index (χ2n) is 6.92. The standard InChI is InChI=1S/C21H21ClN6O2S/c1-13-3-4-15(22)9-19(13)28-21(25-26-27-28)31-12-20(29)23-8-7-14-11-24-18-10-16(30-2)5-6-17(14)18/h3-6,9-11,24H,7-8,12H2,1-2H3,(H,23,29). The molecule has 0 aliphatic heterocycles. The minimum Gasteiger partial charge on any atom is -0.497 e. The summed E-state index contributed by atoms with van der Waals surface area (Å²) in [7, 11) is 1.65. The molecule has 0 aliphatic rings. The second-order valence-corrected chi connectivity index (χ2v) is 8.30. The van der Waals surface area contributed by atoms with Gasteiger partial charge in [0.1, 0.15) is 5.75 Å². The number of hydrogen-bond donors (Lipinski definition) is 2. The number of aromatic nitrogens is 5. The Labute approximate surface area is 188 Å². The molecule has 0 aliphatic carbocycles. The van der Waals surface area contributed by atoms with Crippen LogP contribution in [0.15, 0.2) is 47.8 Å². The summed E-state index contributed by atoms with van der Waals surface area (Å²) < 4.78 is 6.85. The highest BCUT2D eigenvalue weighted by molar-refractivity contribution is 7.99. The number of amides is 1. The van der Waals surface area contributed by atoms with Gasteiger partial charge in [-0.05, 0) is 59.2 Å². The van der Waals surface area contributed by atoms with Gasteiger partial charge in [-0.2, -0.15) is 4.68 Å². The van der Waals surface area contributed by atoms with Crippen molar-refractivity contribution in [2.45, 2.75) is 18.5 Å². The average Bonchev–Trinajstić information content (AvgIpc) is 3.40. The van der Waals surface area contributed by atoms with E-state index < -0.39 is 0 Å². The fourth-order valence-electron chi connectivity index (χ4n) is 3.25. The maximum absolute atomic E-state index is 12.3. The third-order valence-electron chi connectivity index (χ3n) is 4.86. The lowest BCUT2D eigenvalue weighted by Crippen LogP contribution is -2.27. The van der Waals surface area contributed by atoms with Crippen LogP contribution in [0.25, 0.3) is 16.6 Å². The third-order valence-corrected chi connectivity index (χ3v) is 6.02. The van der Waals surface area contributed by atoms with Crippen molar-refractivity contribution in [3.05, 3.63) is 58.7 Å². The molecular weight excluding hydrogens is 436 g/mol. The zero-order valence-electron chi connectivity index (χ0n) is 17.1. The van der Waals surface area contributed by atoms with E-state index in [2.05, 4.69) is 25.8 Å². The highest BCUT2D eigenvalue weighted by atomic mass is 35.5. The number of H-pyrrole nitrogens is 1. The molecular formula is C21H21ClN6O2S. The summed E-state index contributed by atoms with van der Waals surface area (Å²) >= 11 is 7.38. The van der Waals surface area contributed by atoms with Gasteiger partial charge in [0, 0.05) is 34.7 Å². The number of nitrogens with one attached hydrogen (secondary N) is 2. The van der Waals surface area contributed by atoms with Crippen molar-refractivity contribution in [3.63, 3.8) is 0 Å². The Kier molecular flexibility index (Phi) is 6.43. The van der Waals surface area contributed by atoms with Crippen molar-refractivity contribution < 1.29 is 9.53 Å². The first-order valence-corrected chi connectivity index (χ1v) is 11.0. The van der Waals surface area contributed by atoms with Crippen molar-refractivity contribution in [2.75, 3.05) is 19.4 Å². The molecule has 0 saturated carbocycles. The van der Waals surface area contributed by atoms with Crippen molar-refractivity contribution in [1.29, 1.82) is 0 Å².